The second kappa shape index (κ2) is 8.94. The molecule has 0 unspecified atom stereocenters. The van der Waals surface area contributed by atoms with Crippen LogP contribution in [-0.2, 0) is 11.2 Å². The predicted octanol–water partition coefficient (Wildman–Crippen LogP) is 3.00. The monoisotopic (exact) mass is 427 g/mol. The normalized spacial score (nSPS) is 27.7. The van der Waals surface area contributed by atoms with Crippen molar-refractivity contribution in [3.8, 4) is 0 Å². The number of nitrogens with one attached hydrogen (secondary N) is 1. The third-order valence-electron chi connectivity index (χ3n) is 7.04. The molecule has 4 heterocycles. The number of benzene rings is 1. The first-order chi connectivity index (χ1) is 14.2. The summed E-state index contributed by atoms with van der Waals surface area (Å²) in [4.78, 5) is 28.2. The van der Waals surface area contributed by atoms with Gasteiger partial charge in [0, 0.05) is 43.4 Å². The third kappa shape index (κ3) is 3.93. The molecule has 3 aliphatic rings. The average molecular weight is 428 g/mol. The number of rotatable bonds is 3. The summed E-state index contributed by atoms with van der Waals surface area (Å²) < 4.78 is 2.04. The van der Waals surface area contributed by atoms with E-state index in [0.29, 0.717) is 11.8 Å². The highest BCUT2D eigenvalue weighted by Gasteiger charge is 2.42. The third-order valence-corrected chi connectivity index (χ3v) is 7.04. The molecule has 3 aliphatic heterocycles. The van der Waals surface area contributed by atoms with Crippen molar-refractivity contribution in [2.75, 3.05) is 26.2 Å². The molecule has 1 N–H and O–H groups in total. The van der Waals surface area contributed by atoms with E-state index in [-0.39, 0.29) is 35.8 Å². The summed E-state index contributed by atoms with van der Waals surface area (Å²) in [5, 5.41) is 3.38. The summed E-state index contributed by atoms with van der Waals surface area (Å²) in [5.74, 6) is 0.988. The van der Waals surface area contributed by atoms with E-state index in [9.17, 15) is 9.59 Å². The van der Waals surface area contributed by atoms with Crippen LogP contribution >= 0.6 is 12.4 Å². The molecule has 2 fully saturated rings. The van der Waals surface area contributed by atoms with Crippen molar-refractivity contribution < 1.29 is 4.79 Å². The Hall–Kier alpha value is -2.11. The minimum absolute atomic E-state index is 0. The molecule has 4 atom stereocenters. The summed E-state index contributed by atoms with van der Waals surface area (Å²) in [6, 6.07) is 16.2. The molecule has 2 bridgehead atoms. The maximum absolute atomic E-state index is 13.2. The molecule has 5 nitrogen and oxygen atoms in total. The molecule has 30 heavy (non-hydrogen) atoms. The minimum Gasteiger partial charge on any atom is -0.341 e. The number of pyridine rings is 1. The van der Waals surface area contributed by atoms with Crippen molar-refractivity contribution in [1.29, 1.82) is 0 Å². The molecule has 1 aromatic heterocycles. The lowest BCUT2D eigenvalue weighted by Gasteiger charge is -2.48. The summed E-state index contributed by atoms with van der Waals surface area (Å²) in [5.41, 5.74) is 2.45. The lowest BCUT2D eigenvalue weighted by Crippen LogP contribution is -2.53. The summed E-state index contributed by atoms with van der Waals surface area (Å²) in [7, 11) is 0. The van der Waals surface area contributed by atoms with Gasteiger partial charge in [0.15, 0.2) is 0 Å². The molecular formula is C24H30ClN3O2. The Morgan fingerprint density at radius 3 is 2.67 bits per heavy atom. The number of nitrogens with zero attached hydrogens (tertiary/aromatic N) is 2. The molecule has 2 aromatic rings. The quantitative estimate of drug-likeness (QED) is 0.819. The second-order valence-corrected chi connectivity index (χ2v) is 8.90. The van der Waals surface area contributed by atoms with Crippen LogP contribution in [-0.4, -0.2) is 41.6 Å². The van der Waals surface area contributed by atoms with Gasteiger partial charge in [0.1, 0.15) is 0 Å². The number of carbonyl (C=O) groups excluding carboxylic acids is 1. The van der Waals surface area contributed by atoms with Crippen LogP contribution in [0.2, 0.25) is 0 Å². The molecule has 160 valence electrons. The molecule has 0 aliphatic carbocycles. The fourth-order valence-corrected chi connectivity index (χ4v) is 5.66. The van der Waals surface area contributed by atoms with Gasteiger partial charge in [-0.1, -0.05) is 36.4 Å². The van der Waals surface area contributed by atoms with E-state index in [0.717, 1.165) is 57.6 Å². The Morgan fingerprint density at radius 2 is 1.90 bits per heavy atom. The molecule has 0 saturated carbocycles. The van der Waals surface area contributed by atoms with Gasteiger partial charge in [-0.3, -0.25) is 9.59 Å². The van der Waals surface area contributed by atoms with Gasteiger partial charge in [-0.15, -0.1) is 12.4 Å². The number of hydrogen-bond acceptors (Lipinski definition) is 3. The maximum atomic E-state index is 13.2. The van der Waals surface area contributed by atoms with Crippen LogP contribution in [0.5, 0.6) is 0 Å². The largest absolute Gasteiger partial charge is 0.341 e. The van der Waals surface area contributed by atoms with Crippen LogP contribution < -0.4 is 10.9 Å². The highest BCUT2D eigenvalue weighted by Crippen LogP contribution is 2.42. The minimum atomic E-state index is 0. The van der Waals surface area contributed by atoms with Crippen molar-refractivity contribution in [2.24, 2.45) is 11.8 Å². The van der Waals surface area contributed by atoms with Crippen molar-refractivity contribution >= 4 is 18.3 Å². The number of halogens is 1. The van der Waals surface area contributed by atoms with Gasteiger partial charge in [0.25, 0.3) is 5.56 Å². The van der Waals surface area contributed by atoms with Crippen molar-refractivity contribution in [3.05, 3.63) is 70.1 Å². The summed E-state index contributed by atoms with van der Waals surface area (Å²) in [6.45, 7) is 3.33. The Balaban J connectivity index is 0.00000218. The van der Waals surface area contributed by atoms with Crippen molar-refractivity contribution in [3.63, 3.8) is 0 Å². The Labute approximate surface area is 183 Å². The Bertz CT molecular complexity index is 939. The number of carbonyl (C=O) groups is 1. The van der Waals surface area contributed by atoms with E-state index in [4.69, 9.17) is 0 Å². The molecule has 1 amide bonds. The molecule has 6 heteroatoms. The maximum Gasteiger partial charge on any atom is 0.251 e. The van der Waals surface area contributed by atoms with E-state index in [1.54, 1.807) is 6.07 Å². The zero-order chi connectivity index (χ0) is 19.8. The topological polar surface area (TPSA) is 54.3 Å². The standard InChI is InChI=1S/C24H29N3O2.ClH/c28-23-10-4-9-21-19-13-20(22(27(21)23)12-17-6-2-1-3-7-17)16-26(15-19)24(29)18-8-5-11-25-14-18;/h1-4,6-7,9-10,18-20,22,25H,5,8,11-16H2;1H/t18-,19+,20-,22-;/m0./s1. The smallest absolute Gasteiger partial charge is 0.251 e. The average Bonchev–Trinajstić information content (AvgIpc) is 2.77. The molecule has 2 saturated heterocycles. The van der Waals surface area contributed by atoms with Gasteiger partial charge in [-0.05, 0) is 49.8 Å². The zero-order valence-corrected chi connectivity index (χ0v) is 18.0. The first-order valence-corrected chi connectivity index (χ1v) is 11.0. The van der Waals surface area contributed by atoms with Crippen LogP contribution in [0.1, 0.15) is 42.5 Å². The molecular weight excluding hydrogens is 398 g/mol. The molecule has 5 rings (SSSR count). The predicted molar refractivity (Wildman–Crippen MR) is 120 cm³/mol. The lowest BCUT2D eigenvalue weighted by molar-refractivity contribution is -0.139. The van der Waals surface area contributed by atoms with Gasteiger partial charge < -0.3 is 14.8 Å². The van der Waals surface area contributed by atoms with Crippen LogP contribution in [0.15, 0.2) is 53.3 Å². The highest BCUT2D eigenvalue weighted by molar-refractivity contribution is 5.85. The van der Waals surface area contributed by atoms with Gasteiger partial charge in [-0.25, -0.2) is 0 Å². The fourth-order valence-electron chi connectivity index (χ4n) is 5.66. The first-order valence-electron chi connectivity index (χ1n) is 11.0. The number of likely N-dealkylation sites (tertiary alicyclic amines) is 1. The molecule has 1 aromatic carbocycles. The van der Waals surface area contributed by atoms with Crippen LogP contribution in [0.4, 0.5) is 0 Å². The van der Waals surface area contributed by atoms with E-state index in [1.807, 2.05) is 16.7 Å². The van der Waals surface area contributed by atoms with Gasteiger partial charge in [-0.2, -0.15) is 0 Å². The van der Waals surface area contributed by atoms with E-state index in [2.05, 4.69) is 40.5 Å². The SMILES string of the molecule is Cl.O=C([C@H]1CCCNC1)N1C[C@H]2C[C@@H](C1)[C@H](Cc1ccccc1)n1c2cccc1=O. The number of aromatic nitrogens is 1. The molecule has 0 radical (unpaired) electrons. The van der Waals surface area contributed by atoms with Crippen molar-refractivity contribution in [1.82, 2.24) is 14.8 Å². The van der Waals surface area contributed by atoms with Gasteiger partial charge >= 0.3 is 0 Å². The number of amides is 1. The first kappa shape index (κ1) is 21.1. The van der Waals surface area contributed by atoms with Crippen LogP contribution in [0, 0.1) is 11.8 Å². The number of hydrogen-bond donors (Lipinski definition) is 1. The highest BCUT2D eigenvalue weighted by atomic mass is 35.5. The summed E-state index contributed by atoms with van der Waals surface area (Å²) >= 11 is 0. The molecule has 0 spiro atoms. The lowest BCUT2D eigenvalue weighted by atomic mass is 9.76. The van der Waals surface area contributed by atoms with E-state index >= 15 is 0 Å². The van der Waals surface area contributed by atoms with Crippen LogP contribution in [0.25, 0.3) is 0 Å². The summed E-state index contributed by atoms with van der Waals surface area (Å²) in [6.07, 6.45) is 3.96. The van der Waals surface area contributed by atoms with Crippen LogP contribution in [0.3, 0.4) is 0 Å². The van der Waals surface area contributed by atoms with Gasteiger partial charge in [0.05, 0.1) is 5.92 Å². The van der Waals surface area contributed by atoms with Crippen molar-refractivity contribution in [2.45, 2.75) is 37.6 Å². The Kier molecular flexibility index (Phi) is 6.30. The number of fused-ring (bicyclic) bond motifs is 4. The Morgan fingerprint density at radius 1 is 1.07 bits per heavy atom. The second-order valence-electron chi connectivity index (χ2n) is 8.90. The zero-order valence-electron chi connectivity index (χ0n) is 17.2. The number of piperidine rings is 2. The van der Waals surface area contributed by atoms with E-state index < -0.39 is 0 Å². The van der Waals surface area contributed by atoms with E-state index in [1.165, 1.54) is 5.56 Å². The van der Waals surface area contributed by atoms with Gasteiger partial charge in [0.2, 0.25) is 5.91 Å². The fraction of sp³-hybridized carbons (Fsp3) is 0.500.